The molecule has 0 radical (unpaired) electrons. The molecule has 1 aromatic heterocycles. The van der Waals surface area contributed by atoms with E-state index in [-0.39, 0.29) is 0 Å². The molecular formula is C17H25NO. The number of hydrogen-bond acceptors (Lipinski definition) is 2. The quantitative estimate of drug-likeness (QED) is 0.884. The van der Waals surface area contributed by atoms with Gasteiger partial charge in [0.15, 0.2) is 0 Å². The fourth-order valence-electron chi connectivity index (χ4n) is 5.63. The van der Waals surface area contributed by atoms with E-state index >= 15 is 0 Å². The first kappa shape index (κ1) is 12.0. The Bertz CT molecular complexity index is 396. The van der Waals surface area contributed by atoms with Gasteiger partial charge in [-0.2, -0.15) is 0 Å². The van der Waals surface area contributed by atoms with E-state index in [2.05, 4.69) is 18.3 Å². The summed E-state index contributed by atoms with van der Waals surface area (Å²) < 4.78 is 5.74. The summed E-state index contributed by atoms with van der Waals surface area (Å²) in [5, 5.41) is 3.72. The molecule has 1 heterocycles. The summed E-state index contributed by atoms with van der Waals surface area (Å²) in [5.41, 5.74) is 0. The molecule has 1 N–H and O–H groups in total. The second kappa shape index (κ2) is 4.66. The largest absolute Gasteiger partial charge is 0.468 e. The Hall–Kier alpha value is -0.760. The first-order valence-electron chi connectivity index (χ1n) is 8.12. The van der Waals surface area contributed by atoms with Crippen LogP contribution in [0.25, 0.3) is 0 Å². The molecule has 2 heteroatoms. The van der Waals surface area contributed by atoms with E-state index < -0.39 is 0 Å². The molecule has 0 spiro atoms. The van der Waals surface area contributed by atoms with Crippen LogP contribution in [0.4, 0.5) is 0 Å². The minimum atomic E-state index is 0.454. The molecule has 19 heavy (non-hydrogen) atoms. The molecule has 4 aliphatic carbocycles. The van der Waals surface area contributed by atoms with Crippen molar-refractivity contribution in [1.29, 1.82) is 0 Å². The van der Waals surface area contributed by atoms with Crippen molar-refractivity contribution < 1.29 is 4.42 Å². The molecular weight excluding hydrogens is 234 g/mol. The van der Waals surface area contributed by atoms with E-state index in [0.29, 0.717) is 6.04 Å². The minimum absolute atomic E-state index is 0.454. The van der Waals surface area contributed by atoms with Crippen molar-refractivity contribution in [2.75, 3.05) is 6.54 Å². The average Bonchev–Trinajstić information content (AvgIpc) is 2.89. The van der Waals surface area contributed by atoms with Gasteiger partial charge < -0.3 is 9.73 Å². The lowest BCUT2D eigenvalue weighted by atomic mass is 9.50. The van der Waals surface area contributed by atoms with E-state index in [1.807, 2.05) is 12.3 Å². The zero-order valence-electron chi connectivity index (χ0n) is 11.8. The van der Waals surface area contributed by atoms with E-state index in [1.54, 1.807) is 0 Å². The summed E-state index contributed by atoms with van der Waals surface area (Å²) in [6, 6.07) is 4.66. The van der Waals surface area contributed by atoms with Gasteiger partial charge >= 0.3 is 0 Å². The summed E-state index contributed by atoms with van der Waals surface area (Å²) in [7, 11) is 0. The molecule has 1 aromatic rings. The van der Waals surface area contributed by atoms with Gasteiger partial charge in [-0.1, -0.05) is 6.92 Å². The van der Waals surface area contributed by atoms with Crippen molar-refractivity contribution >= 4 is 0 Å². The van der Waals surface area contributed by atoms with Crippen LogP contribution in [-0.4, -0.2) is 6.54 Å². The molecule has 4 bridgehead atoms. The molecule has 0 saturated heterocycles. The van der Waals surface area contributed by atoms with Gasteiger partial charge in [0.25, 0.3) is 0 Å². The van der Waals surface area contributed by atoms with Crippen molar-refractivity contribution in [3.05, 3.63) is 24.2 Å². The molecule has 5 rings (SSSR count). The molecule has 2 nitrogen and oxygen atoms in total. The molecule has 4 aliphatic rings. The summed E-state index contributed by atoms with van der Waals surface area (Å²) in [6.07, 6.45) is 9.31. The SMILES string of the molecule is CCNC(c1ccco1)C1C2CC3CC(C2)CC1C3. The van der Waals surface area contributed by atoms with E-state index in [9.17, 15) is 0 Å². The van der Waals surface area contributed by atoms with Gasteiger partial charge in [-0.15, -0.1) is 0 Å². The Morgan fingerprint density at radius 3 is 2.37 bits per heavy atom. The van der Waals surface area contributed by atoms with E-state index in [0.717, 1.165) is 36.1 Å². The van der Waals surface area contributed by atoms with E-state index in [4.69, 9.17) is 4.42 Å². The predicted octanol–water partition coefficient (Wildman–Crippen LogP) is 4.00. The lowest BCUT2D eigenvalue weighted by Gasteiger charge is -2.56. The fourth-order valence-corrected chi connectivity index (χ4v) is 5.63. The number of hydrogen-bond donors (Lipinski definition) is 1. The predicted molar refractivity (Wildman–Crippen MR) is 75.7 cm³/mol. The van der Waals surface area contributed by atoms with Gasteiger partial charge in [-0.3, -0.25) is 0 Å². The third-order valence-corrected chi connectivity index (χ3v) is 5.96. The molecule has 1 unspecified atom stereocenters. The lowest BCUT2D eigenvalue weighted by molar-refractivity contribution is -0.0551. The Labute approximate surface area is 116 Å². The first-order chi connectivity index (χ1) is 9.35. The van der Waals surface area contributed by atoms with Crippen LogP contribution in [0.15, 0.2) is 22.8 Å². The highest BCUT2D eigenvalue weighted by molar-refractivity contribution is 5.11. The highest BCUT2D eigenvalue weighted by Crippen LogP contribution is 2.59. The van der Waals surface area contributed by atoms with Crippen LogP contribution in [0, 0.1) is 29.6 Å². The van der Waals surface area contributed by atoms with Crippen molar-refractivity contribution in [2.45, 2.75) is 45.1 Å². The van der Waals surface area contributed by atoms with Crippen LogP contribution in [0.2, 0.25) is 0 Å². The third-order valence-electron chi connectivity index (χ3n) is 5.96. The maximum Gasteiger partial charge on any atom is 0.120 e. The standard InChI is InChI=1S/C17H25NO/c1-2-18-17(15-4-3-5-19-15)16-13-7-11-6-12(9-13)10-14(16)8-11/h3-5,11-14,16-18H,2,6-10H2,1H3. The van der Waals surface area contributed by atoms with Gasteiger partial charge in [0.05, 0.1) is 12.3 Å². The minimum Gasteiger partial charge on any atom is -0.468 e. The monoisotopic (exact) mass is 259 g/mol. The van der Waals surface area contributed by atoms with Gasteiger partial charge in [-0.05, 0) is 80.4 Å². The van der Waals surface area contributed by atoms with Crippen LogP contribution in [0.3, 0.4) is 0 Å². The fraction of sp³-hybridized carbons (Fsp3) is 0.765. The Balaban J connectivity index is 1.62. The Morgan fingerprint density at radius 1 is 1.16 bits per heavy atom. The number of nitrogens with one attached hydrogen (secondary N) is 1. The maximum absolute atomic E-state index is 5.74. The molecule has 0 aliphatic heterocycles. The van der Waals surface area contributed by atoms with Gasteiger partial charge in [-0.25, -0.2) is 0 Å². The number of rotatable bonds is 4. The second-order valence-electron chi connectivity index (χ2n) is 7.06. The Morgan fingerprint density at radius 2 is 1.84 bits per heavy atom. The average molecular weight is 259 g/mol. The summed E-state index contributed by atoms with van der Waals surface area (Å²) in [4.78, 5) is 0. The zero-order chi connectivity index (χ0) is 12.8. The van der Waals surface area contributed by atoms with Crippen molar-refractivity contribution in [3.63, 3.8) is 0 Å². The van der Waals surface area contributed by atoms with Crippen molar-refractivity contribution in [1.82, 2.24) is 5.32 Å². The summed E-state index contributed by atoms with van der Waals surface area (Å²) in [5.74, 6) is 5.99. The van der Waals surface area contributed by atoms with Crippen molar-refractivity contribution in [3.8, 4) is 0 Å². The van der Waals surface area contributed by atoms with Gasteiger partial charge in [0, 0.05) is 0 Å². The van der Waals surface area contributed by atoms with Crippen LogP contribution in [0.5, 0.6) is 0 Å². The number of furan rings is 1. The van der Waals surface area contributed by atoms with Crippen LogP contribution in [-0.2, 0) is 0 Å². The summed E-state index contributed by atoms with van der Waals surface area (Å²) in [6.45, 7) is 3.25. The Kier molecular flexibility index (Phi) is 2.95. The first-order valence-corrected chi connectivity index (χ1v) is 8.12. The van der Waals surface area contributed by atoms with Crippen LogP contribution in [0.1, 0.15) is 50.8 Å². The molecule has 4 fully saturated rings. The smallest absolute Gasteiger partial charge is 0.120 e. The maximum atomic E-state index is 5.74. The highest BCUT2D eigenvalue weighted by atomic mass is 16.3. The molecule has 104 valence electrons. The van der Waals surface area contributed by atoms with Crippen LogP contribution >= 0.6 is 0 Å². The molecule has 0 amide bonds. The molecule has 0 aromatic carbocycles. The van der Waals surface area contributed by atoms with E-state index in [1.165, 1.54) is 37.9 Å². The lowest BCUT2D eigenvalue weighted by Crippen LogP contribution is -2.49. The molecule has 4 saturated carbocycles. The van der Waals surface area contributed by atoms with Gasteiger partial charge in [0.2, 0.25) is 0 Å². The topological polar surface area (TPSA) is 25.2 Å². The zero-order valence-corrected chi connectivity index (χ0v) is 11.8. The van der Waals surface area contributed by atoms with Crippen molar-refractivity contribution in [2.24, 2.45) is 29.6 Å². The highest BCUT2D eigenvalue weighted by Gasteiger charge is 2.51. The molecule has 1 atom stereocenters. The summed E-state index contributed by atoms with van der Waals surface area (Å²) >= 11 is 0. The third kappa shape index (κ3) is 1.96. The second-order valence-corrected chi connectivity index (χ2v) is 7.06. The van der Waals surface area contributed by atoms with Crippen LogP contribution < -0.4 is 5.32 Å². The van der Waals surface area contributed by atoms with Gasteiger partial charge in [0.1, 0.15) is 5.76 Å². The normalized spacial score (nSPS) is 41.6.